The van der Waals surface area contributed by atoms with Crippen LogP contribution in [0, 0.1) is 6.92 Å². The zero-order chi connectivity index (χ0) is 25.1. The first-order valence-corrected chi connectivity index (χ1v) is 11.5. The second kappa shape index (κ2) is 10.3. The lowest BCUT2D eigenvalue weighted by Gasteiger charge is -2.28. The first-order chi connectivity index (χ1) is 16.9. The molecule has 0 spiro atoms. The number of carbonyl (C=O) groups excluding carboxylic acids is 2. The van der Waals surface area contributed by atoms with E-state index in [1.807, 2.05) is 37.3 Å². The Bertz CT molecular complexity index is 1280. The van der Waals surface area contributed by atoms with Gasteiger partial charge in [-0.15, -0.1) is 0 Å². The highest BCUT2D eigenvalue weighted by atomic mass is 35.5. The molecule has 35 heavy (non-hydrogen) atoms. The van der Waals surface area contributed by atoms with Crippen molar-refractivity contribution in [3.8, 4) is 17.2 Å². The van der Waals surface area contributed by atoms with Crippen LogP contribution in [0.3, 0.4) is 0 Å². The molecule has 1 aliphatic rings. The maximum atomic E-state index is 13.3. The third kappa shape index (κ3) is 4.91. The molecule has 0 fully saturated rings. The fourth-order valence-corrected chi connectivity index (χ4v) is 4.46. The van der Waals surface area contributed by atoms with Gasteiger partial charge in [0, 0.05) is 23.2 Å². The Kier molecular flexibility index (Phi) is 7.17. The summed E-state index contributed by atoms with van der Waals surface area (Å²) >= 11 is 6.21. The molecule has 1 aliphatic heterocycles. The van der Waals surface area contributed by atoms with Crippen LogP contribution in [0.1, 0.15) is 39.5 Å². The summed E-state index contributed by atoms with van der Waals surface area (Å²) in [5, 5.41) is 3.47. The molecule has 3 aromatic rings. The lowest BCUT2D eigenvalue weighted by molar-refractivity contribution is -0.117. The molecule has 7 nitrogen and oxygen atoms in total. The van der Waals surface area contributed by atoms with Crippen LogP contribution >= 0.6 is 11.6 Å². The minimum absolute atomic E-state index is 0.0278. The van der Waals surface area contributed by atoms with Crippen LogP contribution in [-0.2, 0) is 11.3 Å². The standard InChI is InChI=1S/C27H27ClN2O5/c1-16-11-21(24(34-3)13-20(16)28)29-26(31)14-22(17-9-10-23(33-2)25(12-17)35-4)30-15-18-7-5-6-8-19(18)27(30)32/h5-13,22H,14-15H2,1-4H3,(H,29,31)/t22-/m1/s1. The number of fused-ring (bicyclic) bond motifs is 1. The third-order valence-corrected chi connectivity index (χ3v) is 6.56. The molecule has 0 aromatic heterocycles. The Hall–Kier alpha value is -3.71. The van der Waals surface area contributed by atoms with Crippen LogP contribution in [0.2, 0.25) is 5.02 Å². The summed E-state index contributed by atoms with van der Waals surface area (Å²) in [6, 6.07) is 15.8. The predicted octanol–water partition coefficient (Wildman–Crippen LogP) is 5.40. The number of amides is 2. The van der Waals surface area contributed by atoms with E-state index in [9.17, 15) is 9.59 Å². The number of carbonyl (C=O) groups is 2. The SMILES string of the molecule is COc1cc(Cl)c(C)cc1NC(=O)C[C@H](c1ccc(OC)c(OC)c1)N1Cc2ccccc2C1=O. The second-order valence-corrected chi connectivity index (χ2v) is 8.68. The van der Waals surface area contributed by atoms with Gasteiger partial charge in [-0.3, -0.25) is 9.59 Å². The topological polar surface area (TPSA) is 77.1 Å². The van der Waals surface area contributed by atoms with Gasteiger partial charge in [0.25, 0.3) is 5.91 Å². The Labute approximate surface area is 209 Å². The van der Waals surface area contributed by atoms with Crippen LogP contribution in [0.15, 0.2) is 54.6 Å². The normalized spacial score (nSPS) is 13.3. The summed E-state index contributed by atoms with van der Waals surface area (Å²) in [6.45, 7) is 2.26. The van der Waals surface area contributed by atoms with E-state index in [1.54, 1.807) is 43.4 Å². The Morgan fingerprint density at radius 3 is 2.40 bits per heavy atom. The maximum Gasteiger partial charge on any atom is 0.255 e. The van der Waals surface area contributed by atoms with Crippen molar-refractivity contribution in [2.75, 3.05) is 26.6 Å². The molecule has 0 unspecified atom stereocenters. The van der Waals surface area contributed by atoms with E-state index in [2.05, 4.69) is 5.32 Å². The number of halogens is 1. The number of anilines is 1. The lowest BCUT2D eigenvalue weighted by Crippen LogP contribution is -2.32. The highest BCUT2D eigenvalue weighted by Crippen LogP contribution is 2.38. The zero-order valence-electron chi connectivity index (χ0n) is 20.1. The van der Waals surface area contributed by atoms with E-state index in [4.69, 9.17) is 25.8 Å². The Morgan fingerprint density at radius 1 is 1.00 bits per heavy atom. The number of nitrogens with zero attached hydrogens (tertiary/aromatic N) is 1. The fraction of sp³-hybridized carbons (Fsp3) is 0.259. The largest absolute Gasteiger partial charge is 0.495 e. The molecule has 1 N–H and O–H groups in total. The number of ether oxygens (including phenoxy) is 3. The van der Waals surface area contributed by atoms with Gasteiger partial charge in [-0.25, -0.2) is 0 Å². The van der Waals surface area contributed by atoms with Crippen molar-refractivity contribution in [1.82, 2.24) is 4.90 Å². The molecule has 0 radical (unpaired) electrons. The van der Waals surface area contributed by atoms with E-state index in [0.29, 0.717) is 40.1 Å². The van der Waals surface area contributed by atoms with Gasteiger partial charge in [0.1, 0.15) is 5.75 Å². The molecule has 2 amide bonds. The number of benzene rings is 3. The summed E-state index contributed by atoms with van der Waals surface area (Å²) in [7, 11) is 4.63. The number of nitrogens with one attached hydrogen (secondary N) is 1. The van der Waals surface area contributed by atoms with Crippen molar-refractivity contribution in [3.63, 3.8) is 0 Å². The Balaban J connectivity index is 1.67. The minimum Gasteiger partial charge on any atom is -0.495 e. The van der Waals surface area contributed by atoms with Crippen molar-refractivity contribution in [2.24, 2.45) is 0 Å². The summed E-state index contributed by atoms with van der Waals surface area (Å²) in [5.74, 6) is 1.16. The summed E-state index contributed by atoms with van der Waals surface area (Å²) < 4.78 is 16.2. The van der Waals surface area contributed by atoms with Gasteiger partial charge in [0.2, 0.25) is 5.91 Å². The Morgan fingerprint density at radius 2 is 1.71 bits per heavy atom. The van der Waals surface area contributed by atoms with Gasteiger partial charge in [-0.1, -0.05) is 35.9 Å². The summed E-state index contributed by atoms with van der Waals surface area (Å²) in [5.41, 5.74) is 3.66. The molecule has 8 heteroatoms. The molecule has 0 aliphatic carbocycles. The quantitative estimate of drug-likeness (QED) is 0.453. The average molecular weight is 495 g/mol. The van der Waals surface area contributed by atoms with Gasteiger partial charge in [-0.2, -0.15) is 0 Å². The van der Waals surface area contributed by atoms with Crippen molar-refractivity contribution < 1.29 is 23.8 Å². The van der Waals surface area contributed by atoms with E-state index in [1.165, 1.54) is 7.11 Å². The van der Waals surface area contributed by atoms with Crippen molar-refractivity contribution in [1.29, 1.82) is 0 Å². The first kappa shape index (κ1) is 24.4. The predicted molar refractivity (Wildman–Crippen MR) is 135 cm³/mol. The molecule has 0 saturated heterocycles. The van der Waals surface area contributed by atoms with Crippen LogP contribution in [0.5, 0.6) is 17.2 Å². The maximum absolute atomic E-state index is 13.3. The molecular formula is C27H27ClN2O5. The summed E-state index contributed by atoms with van der Waals surface area (Å²) in [6.07, 6.45) is 0.0278. The van der Waals surface area contributed by atoms with Crippen molar-refractivity contribution >= 4 is 29.1 Å². The smallest absolute Gasteiger partial charge is 0.255 e. The second-order valence-electron chi connectivity index (χ2n) is 8.27. The molecule has 1 heterocycles. The van der Waals surface area contributed by atoms with Crippen LogP contribution in [-0.4, -0.2) is 38.0 Å². The molecule has 1 atom stereocenters. The number of aryl methyl sites for hydroxylation is 1. The van der Waals surface area contributed by atoms with Crippen LogP contribution < -0.4 is 19.5 Å². The number of hydrogen-bond acceptors (Lipinski definition) is 5. The van der Waals surface area contributed by atoms with Gasteiger partial charge < -0.3 is 24.4 Å². The van der Waals surface area contributed by atoms with Crippen LogP contribution in [0.4, 0.5) is 5.69 Å². The van der Waals surface area contributed by atoms with E-state index < -0.39 is 6.04 Å². The molecular weight excluding hydrogens is 468 g/mol. The van der Waals surface area contributed by atoms with Crippen LogP contribution in [0.25, 0.3) is 0 Å². The highest BCUT2D eigenvalue weighted by Gasteiger charge is 2.35. The number of hydrogen-bond donors (Lipinski definition) is 1. The van der Waals surface area contributed by atoms with Crippen molar-refractivity contribution in [2.45, 2.75) is 25.9 Å². The van der Waals surface area contributed by atoms with Gasteiger partial charge in [0.15, 0.2) is 11.5 Å². The van der Waals surface area contributed by atoms with Gasteiger partial charge >= 0.3 is 0 Å². The average Bonchev–Trinajstić information content (AvgIpc) is 3.20. The van der Waals surface area contributed by atoms with E-state index >= 15 is 0 Å². The number of rotatable bonds is 8. The molecule has 3 aromatic carbocycles. The summed E-state index contributed by atoms with van der Waals surface area (Å²) in [4.78, 5) is 28.3. The fourth-order valence-electron chi connectivity index (χ4n) is 4.30. The molecule has 4 rings (SSSR count). The highest BCUT2D eigenvalue weighted by molar-refractivity contribution is 6.31. The van der Waals surface area contributed by atoms with E-state index in [-0.39, 0.29) is 18.2 Å². The third-order valence-electron chi connectivity index (χ3n) is 6.15. The van der Waals surface area contributed by atoms with E-state index in [0.717, 1.165) is 16.7 Å². The zero-order valence-corrected chi connectivity index (χ0v) is 20.8. The minimum atomic E-state index is -0.533. The van der Waals surface area contributed by atoms with Crippen molar-refractivity contribution in [3.05, 3.63) is 81.9 Å². The van der Waals surface area contributed by atoms with Gasteiger partial charge in [-0.05, 0) is 47.9 Å². The van der Waals surface area contributed by atoms with Gasteiger partial charge in [0.05, 0.1) is 39.5 Å². The molecule has 0 saturated carbocycles. The number of methoxy groups -OCH3 is 3. The first-order valence-electron chi connectivity index (χ1n) is 11.1. The molecule has 0 bridgehead atoms. The monoisotopic (exact) mass is 494 g/mol. The molecule has 182 valence electrons. The lowest BCUT2D eigenvalue weighted by atomic mass is 10.0.